The molecular weight excluding hydrogens is 479 g/mol. The molecule has 7 nitrogen and oxygen atoms in total. The highest BCUT2D eigenvalue weighted by Crippen LogP contribution is 2.16. The van der Waals surface area contributed by atoms with Crippen LogP contribution < -0.4 is 10.6 Å². The number of aliphatic imine (C=N–C) groups is 1. The Morgan fingerprint density at radius 2 is 1.96 bits per heavy atom. The summed E-state index contributed by atoms with van der Waals surface area (Å²) in [6.45, 7) is 5.87. The van der Waals surface area contributed by atoms with Crippen molar-refractivity contribution in [1.82, 2.24) is 15.5 Å². The largest absolute Gasteiger partial charge is 0.383 e. The zero-order chi connectivity index (χ0) is 19.6. The van der Waals surface area contributed by atoms with Gasteiger partial charge >= 0.3 is 0 Å². The maximum atomic E-state index is 11.7. The summed E-state index contributed by atoms with van der Waals surface area (Å²) in [4.78, 5) is 6.82. The van der Waals surface area contributed by atoms with Crippen LogP contribution in [0.3, 0.4) is 0 Å². The first-order chi connectivity index (χ1) is 12.3. The molecule has 0 aliphatic rings. The number of aryl methyl sites for hydroxylation is 1. The lowest BCUT2D eigenvalue weighted by Crippen LogP contribution is -2.38. The number of nitrogens with one attached hydrogen (secondary N) is 2. The molecule has 1 aromatic rings. The van der Waals surface area contributed by atoms with E-state index in [0.29, 0.717) is 11.4 Å². The van der Waals surface area contributed by atoms with Crippen molar-refractivity contribution in [3.05, 3.63) is 29.3 Å². The Kier molecular flexibility index (Phi) is 12.8. The Morgan fingerprint density at radius 1 is 1.26 bits per heavy atom. The third kappa shape index (κ3) is 10.3. The van der Waals surface area contributed by atoms with Crippen LogP contribution in [-0.4, -0.2) is 73.0 Å². The molecule has 0 aliphatic carbocycles. The van der Waals surface area contributed by atoms with Crippen molar-refractivity contribution < 1.29 is 13.2 Å². The number of hydrogen-bond acceptors (Lipinski definition) is 5. The Hall–Kier alpha value is -0.910. The van der Waals surface area contributed by atoms with Gasteiger partial charge in [-0.1, -0.05) is 12.1 Å². The molecule has 1 rings (SSSR count). The lowest BCUT2D eigenvalue weighted by atomic mass is 10.1. The standard InChI is InChI=1S/C18H32N4O3S.HI/c1-15-13-16(7-8-17(15)26(5,23)24)14-21-18(19-2)20-9-6-10-22(3)11-12-25-4;/h7-8,13H,6,9-12,14H2,1-5H3,(H2,19,20,21);1H. The first kappa shape index (κ1) is 26.1. The fourth-order valence-electron chi connectivity index (χ4n) is 2.56. The van der Waals surface area contributed by atoms with Gasteiger partial charge in [-0.25, -0.2) is 8.42 Å². The highest BCUT2D eigenvalue weighted by atomic mass is 127. The van der Waals surface area contributed by atoms with Crippen LogP contribution in [0.25, 0.3) is 0 Å². The van der Waals surface area contributed by atoms with Crippen LogP contribution >= 0.6 is 24.0 Å². The van der Waals surface area contributed by atoms with E-state index in [-0.39, 0.29) is 24.0 Å². The molecule has 0 spiro atoms. The van der Waals surface area contributed by atoms with E-state index < -0.39 is 9.84 Å². The number of benzene rings is 1. The third-order valence-corrected chi connectivity index (χ3v) is 5.27. The summed E-state index contributed by atoms with van der Waals surface area (Å²) in [7, 11) is 2.34. The van der Waals surface area contributed by atoms with Gasteiger partial charge in [-0.2, -0.15) is 0 Å². The lowest BCUT2D eigenvalue weighted by Gasteiger charge is -2.17. The molecule has 0 atom stereocenters. The van der Waals surface area contributed by atoms with Crippen LogP contribution in [-0.2, 0) is 21.1 Å². The number of ether oxygens (including phenoxy) is 1. The second kappa shape index (κ2) is 13.3. The Morgan fingerprint density at radius 3 is 2.52 bits per heavy atom. The van der Waals surface area contributed by atoms with Gasteiger partial charge < -0.3 is 20.3 Å². The van der Waals surface area contributed by atoms with Gasteiger partial charge in [0.2, 0.25) is 0 Å². The van der Waals surface area contributed by atoms with Crippen LogP contribution in [0.4, 0.5) is 0 Å². The fourth-order valence-corrected chi connectivity index (χ4v) is 3.52. The summed E-state index contributed by atoms with van der Waals surface area (Å²) in [5.74, 6) is 0.731. The number of methoxy groups -OCH3 is 1. The van der Waals surface area contributed by atoms with E-state index in [1.54, 1.807) is 20.2 Å². The number of halogens is 1. The average molecular weight is 512 g/mol. The SMILES string of the molecule is CN=C(NCCCN(C)CCOC)NCc1ccc(S(C)(=O)=O)c(C)c1.I. The minimum atomic E-state index is -3.18. The molecule has 0 aliphatic heterocycles. The van der Waals surface area contributed by atoms with Crippen LogP contribution in [0.5, 0.6) is 0 Å². The maximum absolute atomic E-state index is 11.7. The van der Waals surface area contributed by atoms with Gasteiger partial charge in [-0.15, -0.1) is 24.0 Å². The molecule has 0 radical (unpaired) electrons. The molecule has 156 valence electrons. The quantitative estimate of drug-likeness (QED) is 0.215. The van der Waals surface area contributed by atoms with Crippen molar-refractivity contribution in [3.63, 3.8) is 0 Å². The predicted molar refractivity (Wildman–Crippen MR) is 122 cm³/mol. The van der Waals surface area contributed by atoms with E-state index in [4.69, 9.17) is 4.74 Å². The summed E-state index contributed by atoms with van der Waals surface area (Å²) in [5.41, 5.74) is 1.77. The average Bonchev–Trinajstić information content (AvgIpc) is 2.58. The number of hydrogen-bond donors (Lipinski definition) is 2. The van der Waals surface area contributed by atoms with Crippen molar-refractivity contribution in [2.75, 3.05) is 53.7 Å². The van der Waals surface area contributed by atoms with Crippen LogP contribution in [0.1, 0.15) is 17.5 Å². The van der Waals surface area contributed by atoms with Gasteiger partial charge in [-0.05, 0) is 44.1 Å². The van der Waals surface area contributed by atoms with Crippen molar-refractivity contribution in [2.24, 2.45) is 4.99 Å². The third-order valence-electron chi connectivity index (χ3n) is 4.01. The van der Waals surface area contributed by atoms with Crippen molar-refractivity contribution in [1.29, 1.82) is 0 Å². The molecule has 0 aromatic heterocycles. The zero-order valence-electron chi connectivity index (χ0n) is 16.9. The van der Waals surface area contributed by atoms with E-state index in [2.05, 4.69) is 27.6 Å². The summed E-state index contributed by atoms with van der Waals surface area (Å²) in [5, 5.41) is 6.54. The Bertz CT molecular complexity index is 696. The predicted octanol–water partition coefficient (Wildman–Crippen LogP) is 1.65. The maximum Gasteiger partial charge on any atom is 0.191 e. The molecule has 0 saturated heterocycles. The molecule has 9 heteroatoms. The zero-order valence-corrected chi connectivity index (χ0v) is 20.1. The number of nitrogens with zero attached hydrogens (tertiary/aromatic N) is 2. The molecule has 0 bridgehead atoms. The summed E-state index contributed by atoms with van der Waals surface area (Å²) < 4.78 is 28.4. The Labute approximate surface area is 180 Å². The monoisotopic (exact) mass is 512 g/mol. The molecule has 0 fully saturated rings. The van der Waals surface area contributed by atoms with Crippen molar-refractivity contribution in [2.45, 2.75) is 24.8 Å². The number of likely N-dealkylation sites (N-methyl/N-ethyl adjacent to an activating group) is 1. The second-order valence-electron chi connectivity index (χ2n) is 6.37. The molecule has 27 heavy (non-hydrogen) atoms. The first-order valence-corrected chi connectivity index (χ1v) is 10.6. The molecule has 0 amide bonds. The molecule has 1 aromatic carbocycles. The summed E-state index contributed by atoms with van der Waals surface area (Å²) in [6, 6.07) is 5.38. The minimum Gasteiger partial charge on any atom is -0.383 e. The first-order valence-electron chi connectivity index (χ1n) is 8.69. The van der Waals surface area contributed by atoms with E-state index >= 15 is 0 Å². The highest BCUT2D eigenvalue weighted by molar-refractivity contribution is 14.0. The highest BCUT2D eigenvalue weighted by Gasteiger charge is 2.10. The van der Waals surface area contributed by atoms with Crippen LogP contribution in [0.15, 0.2) is 28.1 Å². The van der Waals surface area contributed by atoms with Gasteiger partial charge in [0, 0.05) is 40.0 Å². The summed E-state index contributed by atoms with van der Waals surface area (Å²) in [6.07, 6.45) is 2.23. The Balaban J connectivity index is 0.00000676. The smallest absolute Gasteiger partial charge is 0.191 e. The number of sulfone groups is 1. The normalized spacial score (nSPS) is 12.0. The van der Waals surface area contributed by atoms with Gasteiger partial charge in [0.15, 0.2) is 15.8 Å². The molecule has 0 unspecified atom stereocenters. The number of rotatable bonds is 10. The van der Waals surface area contributed by atoms with Crippen molar-refractivity contribution >= 4 is 39.8 Å². The van der Waals surface area contributed by atoms with Gasteiger partial charge in [0.25, 0.3) is 0 Å². The van der Waals surface area contributed by atoms with Crippen LogP contribution in [0, 0.1) is 6.92 Å². The van der Waals surface area contributed by atoms with Gasteiger partial charge in [0.05, 0.1) is 11.5 Å². The van der Waals surface area contributed by atoms with E-state index in [9.17, 15) is 8.42 Å². The second-order valence-corrected chi connectivity index (χ2v) is 8.36. The van der Waals surface area contributed by atoms with E-state index in [0.717, 1.165) is 49.7 Å². The molecule has 0 heterocycles. The molecule has 0 saturated carbocycles. The van der Waals surface area contributed by atoms with E-state index in [1.165, 1.54) is 6.26 Å². The van der Waals surface area contributed by atoms with Gasteiger partial charge in [-0.3, -0.25) is 4.99 Å². The van der Waals surface area contributed by atoms with E-state index in [1.807, 2.05) is 19.1 Å². The van der Waals surface area contributed by atoms with Crippen LogP contribution in [0.2, 0.25) is 0 Å². The van der Waals surface area contributed by atoms with Gasteiger partial charge in [0.1, 0.15) is 0 Å². The van der Waals surface area contributed by atoms with Crippen molar-refractivity contribution in [3.8, 4) is 0 Å². The molecular formula is C18H33IN4O3S. The fraction of sp³-hybridized carbons (Fsp3) is 0.611. The lowest BCUT2D eigenvalue weighted by molar-refractivity contribution is 0.161. The number of guanidine groups is 1. The molecule has 2 N–H and O–H groups in total. The topological polar surface area (TPSA) is 83.0 Å². The summed E-state index contributed by atoms with van der Waals surface area (Å²) >= 11 is 0. The minimum absolute atomic E-state index is 0.